The SMILES string of the molecule is Clc1cc(NCc2ccco2)c2ccnc(Cl)c2n1. The summed E-state index contributed by atoms with van der Waals surface area (Å²) in [5.41, 5.74) is 1.43. The van der Waals surface area contributed by atoms with Crippen molar-refractivity contribution < 1.29 is 4.42 Å². The summed E-state index contributed by atoms with van der Waals surface area (Å²) in [6.07, 6.45) is 3.27. The first-order chi connectivity index (χ1) is 9.24. The van der Waals surface area contributed by atoms with E-state index in [2.05, 4.69) is 15.3 Å². The number of fused-ring (bicyclic) bond motifs is 1. The van der Waals surface area contributed by atoms with Gasteiger partial charge in [-0.15, -0.1) is 0 Å². The van der Waals surface area contributed by atoms with E-state index >= 15 is 0 Å². The molecule has 0 unspecified atom stereocenters. The summed E-state index contributed by atoms with van der Waals surface area (Å²) in [5, 5.41) is 4.82. The van der Waals surface area contributed by atoms with Crippen LogP contribution in [0.2, 0.25) is 10.3 Å². The van der Waals surface area contributed by atoms with Crippen molar-refractivity contribution in [2.24, 2.45) is 0 Å². The molecule has 4 nitrogen and oxygen atoms in total. The first kappa shape index (κ1) is 12.3. The van der Waals surface area contributed by atoms with Gasteiger partial charge in [-0.3, -0.25) is 0 Å². The second kappa shape index (κ2) is 5.07. The fourth-order valence-corrected chi connectivity index (χ4v) is 2.22. The molecule has 3 aromatic heterocycles. The van der Waals surface area contributed by atoms with Crippen LogP contribution >= 0.6 is 23.2 Å². The number of aromatic nitrogens is 2. The molecule has 0 aliphatic rings. The van der Waals surface area contributed by atoms with Crippen LogP contribution in [0.3, 0.4) is 0 Å². The Morgan fingerprint density at radius 2 is 2.16 bits per heavy atom. The Morgan fingerprint density at radius 1 is 1.26 bits per heavy atom. The number of nitrogens with zero attached hydrogens (tertiary/aromatic N) is 2. The predicted octanol–water partition coefficient (Wildman–Crippen LogP) is 4.14. The quantitative estimate of drug-likeness (QED) is 0.737. The Hall–Kier alpha value is -1.78. The lowest BCUT2D eigenvalue weighted by atomic mass is 10.2. The van der Waals surface area contributed by atoms with Gasteiger partial charge in [-0.05, 0) is 24.3 Å². The summed E-state index contributed by atoms with van der Waals surface area (Å²) < 4.78 is 5.27. The minimum absolute atomic E-state index is 0.334. The number of hydrogen-bond donors (Lipinski definition) is 1. The van der Waals surface area contributed by atoms with E-state index in [0.29, 0.717) is 22.4 Å². The van der Waals surface area contributed by atoms with Crippen molar-refractivity contribution in [3.05, 3.63) is 52.8 Å². The van der Waals surface area contributed by atoms with E-state index in [0.717, 1.165) is 16.8 Å². The number of halogens is 2. The molecule has 19 heavy (non-hydrogen) atoms. The molecule has 0 saturated carbocycles. The van der Waals surface area contributed by atoms with Crippen LogP contribution in [0.1, 0.15) is 5.76 Å². The van der Waals surface area contributed by atoms with Gasteiger partial charge < -0.3 is 9.73 Å². The number of hydrogen-bond acceptors (Lipinski definition) is 4. The first-order valence-electron chi connectivity index (χ1n) is 5.61. The maximum absolute atomic E-state index is 6.02. The van der Waals surface area contributed by atoms with Gasteiger partial charge >= 0.3 is 0 Å². The number of furan rings is 1. The summed E-state index contributed by atoms with van der Waals surface area (Å²) in [5.74, 6) is 0.834. The van der Waals surface area contributed by atoms with Gasteiger partial charge in [0.25, 0.3) is 0 Å². The Morgan fingerprint density at radius 3 is 2.95 bits per heavy atom. The summed E-state index contributed by atoms with van der Waals surface area (Å²) in [6, 6.07) is 7.33. The summed E-state index contributed by atoms with van der Waals surface area (Å²) >= 11 is 12.0. The third kappa shape index (κ3) is 2.50. The van der Waals surface area contributed by atoms with Crippen LogP contribution in [0.15, 0.2) is 41.1 Å². The van der Waals surface area contributed by atoms with E-state index in [-0.39, 0.29) is 0 Å². The summed E-state index contributed by atoms with van der Waals surface area (Å²) in [6.45, 7) is 0.558. The maximum atomic E-state index is 6.02. The molecule has 0 spiro atoms. The predicted molar refractivity (Wildman–Crippen MR) is 75.6 cm³/mol. The first-order valence-corrected chi connectivity index (χ1v) is 6.36. The van der Waals surface area contributed by atoms with Crippen molar-refractivity contribution >= 4 is 39.8 Å². The highest BCUT2D eigenvalue weighted by Gasteiger charge is 2.08. The smallest absolute Gasteiger partial charge is 0.155 e. The molecule has 0 aliphatic carbocycles. The lowest BCUT2D eigenvalue weighted by Crippen LogP contribution is -2.00. The Kier molecular flexibility index (Phi) is 3.27. The van der Waals surface area contributed by atoms with Gasteiger partial charge in [-0.1, -0.05) is 23.2 Å². The fraction of sp³-hybridized carbons (Fsp3) is 0.0769. The van der Waals surface area contributed by atoms with Gasteiger partial charge in [-0.25, -0.2) is 9.97 Å². The highest BCUT2D eigenvalue weighted by molar-refractivity contribution is 6.35. The van der Waals surface area contributed by atoms with Crippen molar-refractivity contribution in [2.75, 3.05) is 5.32 Å². The molecule has 0 bridgehead atoms. The molecule has 1 N–H and O–H groups in total. The summed E-state index contributed by atoms with van der Waals surface area (Å²) in [4.78, 5) is 8.19. The van der Waals surface area contributed by atoms with E-state index in [4.69, 9.17) is 27.6 Å². The van der Waals surface area contributed by atoms with Crippen molar-refractivity contribution in [1.82, 2.24) is 9.97 Å². The minimum Gasteiger partial charge on any atom is -0.467 e. The molecule has 0 fully saturated rings. The average molecular weight is 294 g/mol. The molecule has 0 amide bonds. The number of pyridine rings is 2. The Balaban J connectivity index is 2.00. The van der Waals surface area contributed by atoms with Gasteiger partial charge in [0.1, 0.15) is 16.4 Å². The van der Waals surface area contributed by atoms with E-state index in [9.17, 15) is 0 Å². The van der Waals surface area contributed by atoms with Crippen LogP contribution in [0.5, 0.6) is 0 Å². The van der Waals surface area contributed by atoms with Crippen LogP contribution in [0.4, 0.5) is 5.69 Å². The fourth-order valence-electron chi connectivity index (χ4n) is 1.83. The van der Waals surface area contributed by atoms with Crippen LogP contribution in [0, 0.1) is 0 Å². The molecule has 6 heteroatoms. The summed E-state index contributed by atoms with van der Waals surface area (Å²) in [7, 11) is 0. The zero-order valence-electron chi connectivity index (χ0n) is 9.73. The largest absolute Gasteiger partial charge is 0.467 e. The Bertz CT molecular complexity index is 713. The van der Waals surface area contributed by atoms with Gasteiger partial charge in [-0.2, -0.15) is 0 Å². The molecule has 0 aliphatic heterocycles. The second-order valence-electron chi connectivity index (χ2n) is 3.92. The Labute approximate surface area is 119 Å². The third-order valence-corrected chi connectivity index (χ3v) is 3.16. The lowest BCUT2D eigenvalue weighted by molar-refractivity contribution is 0.518. The highest BCUT2D eigenvalue weighted by atomic mass is 35.5. The molecule has 3 rings (SSSR count). The van der Waals surface area contributed by atoms with Crippen LogP contribution in [0.25, 0.3) is 10.9 Å². The molecular weight excluding hydrogens is 285 g/mol. The second-order valence-corrected chi connectivity index (χ2v) is 4.67. The van der Waals surface area contributed by atoms with Gasteiger partial charge in [0.05, 0.1) is 12.8 Å². The van der Waals surface area contributed by atoms with Crippen LogP contribution < -0.4 is 5.32 Å². The zero-order chi connectivity index (χ0) is 13.2. The molecule has 0 radical (unpaired) electrons. The van der Waals surface area contributed by atoms with Crippen molar-refractivity contribution in [3.8, 4) is 0 Å². The molecule has 3 aromatic rings. The number of nitrogens with one attached hydrogen (secondary N) is 1. The normalized spacial score (nSPS) is 10.8. The van der Waals surface area contributed by atoms with Crippen molar-refractivity contribution in [3.63, 3.8) is 0 Å². The van der Waals surface area contributed by atoms with E-state index < -0.39 is 0 Å². The monoisotopic (exact) mass is 293 g/mol. The van der Waals surface area contributed by atoms with E-state index in [1.165, 1.54) is 0 Å². The van der Waals surface area contributed by atoms with Crippen molar-refractivity contribution in [1.29, 1.82) is 0 Å². The molecule has 0 aromatic carbocycles. The van der Waals surface area contributed by atoms with E-state index in [1.807, 2.05) is 18.2 Å². The van der Waals surface area contributed by atoms with Crippen LogP contribution in [-0.4, -0.2) is 9.97 Å². The average Bonchev–Trinajstić information content (AvgIpc) is 2.90. The topological polar surface area (TPSA) is 51.0 Å². The molecule has 0 atom stereocenters. The molecule has 0 saturated heterocycles. The highest BCUT2D eigenvalue weighted by Crippen LogP contribution is 2.28. The molecule has 96 valence electrons. The van der Waals surface area contributed by atoms with Gasteiger partial charge in [0.2, 0.25) is 0 Å². The zero-order valence-corrected chi connectivity index (χ0v) is 11.2. The van der Waals surface area contributed by atoms with Crippen molar-refractivity contribution in [2.45, 2.75) is 6.54 Å². The standard InChI is InChI=1S/C13H9Cl2N3O/c14-11-6-10(17-7-8-2-1-5-19-8)9-3-4-16-13(15)12(9)18-11/h1-6H,7H2,(H,17,18). The number of rotatable bonds is 3. The third-order valence-electron chi connectivity index (χ3n) is 2.69. The molecule has 3 heterocycles. The minimum atomic E-state index is 0.334. The molecular formula is C13H9Cl2N3O. The lowest BCUT2D eigenvalue weighted by Gasteiger charge is -2.09. The maximum Gasteiger partial charge on any atom is 0.155 e. The van der Waals surface area contributed by atoms with E-state index in [1.54, 1.807) is 18.5 Å². The number of anilines is 1. The van der Waals surface area contributed by atoms with Gasteiger partial charge in [0, 0.05) is 17.3 Å². The van der Waals surface area contributed by atoms with Gasteiger partial charge in [0.15, 0.2) is 5.15 Å². The van der Waals surface area contributed by atoms with Crippen LogP contribution in [-0.2, 0) is 6.54 Å².